The minimum absolute atomic E-state index is 0.361. The second kappa shape index (κ2) is 4.19. The van der Waals surface area contributed by atoms with E-state index in [0.717, 1.165) is 0 Å². The summed E-state index contributed by atoms with van der Waals surface area (Å²) < 4.78 is 4.92. The first-order valence-electron chi connectivity index (χ1n) is 3.83. The third-order valence-electron chi connectivity index (χ3n) is 1.46. The Kier molecular flexibility index (Phi) is 2.97. The van der Waals surface area contributed by atoms with Gasteiger partial charge in [-0.25, -0.2) is 4.79 Å². The van der Waals surface area contributed by atoms with Gasteiger partial charge in [-0.15, -0.1) is 6.42 Å². The fourth-order valence-electron chi connectivity index (χ4n) is 0.934. The van der Waals surface area contributed by atoms with Gasteiger partial charge in [0.25, 0.3) is 0 Å². The number of rotatable bonds is 3. The maximum Gasteiger partial charge on any atom is 0.341 e. The van der Waals surface area contributed by atoms with E-state index >= 15 is 0 Å². The number of ether oxygens (including phenoxy) is 1. The summed E-state index contributed by atoms with van der Waals surface area (Å²) in [7, 11) is 0. The molecule has 0 aliphatic rings. The highest BCUT2D eigenvalue weighted by molar-refractivity contribution is 5.68. The van der Waals surface area contributed by atoms with E-state index in [0.29, 0.717) is 17.0 Å². The largest absolute Gasteiger partial charge is 0.482 e. The summed E-state index contributed by atoms with van der Waals surface area (Å²) in [6, 6.07) is 4.68. The molecular weight excluding hydrogens is 182 g/mol. The molecule has 0 atom stereocenters. The fourth-order valence-corrected chi connectivity index (χ4v) is 0.934. The molecule has 0 saturated carbocycles. The van der Waals surface area contributed by atoms with Gasteiger partial charge >= 0.3 is 5.97 Å². The van der Waals surface area contributed by atoms with Gasteiger partial charge in [0.15, 0.2) is 6.61 Å². The minimum atomic E-state index is -1.05. The second-order valence-electron chi connectivity index (χ2n) is 2.62. The molecule has 0 saturated heterocycles. The van der Waals surface area contributed by atoms with Crippen LogP contribution in [0.2, 0.25) is 0 Å². The highest BCUT2D eigenvalue weighted by Crippen LogP contribution is 2.18. The van der Waals surface area contributed by atoms with Crippen LogP contribution in [0.3, 0.4) is 0 Å². The van der Waals surface area contributed by atoms with Crippen molar-refractivity contribution in [2.45, 2.75) is 0 Å². The molecule has 0 radical (unpaired) electrons. The van der Waals surface area contributed by atoms with E-state index in [1.165, 1.54) is 6.07 Å². The quantitative estimate of drug-likeness (QED) is 0.545. The Bertz CT molecular complexity index is 393. The lowest BCUT2D eigenvalue weighted by atomic mass is 10.2. The van der Waals surface area contributed by atoms with Crippen molar-refractivity contribution < 1.29 is 14.6 Å². The molecular formula is C10H9NO3. The summed E-state index contributed by atoms with van der Waals surface area (Å²) in [5.41, 5.74) is 6.52. The Morgan fingerprint density at radius 3 is 2.86 bits per heavy atom. The number of hydrogen-bond donors (Lipinski definition) is 2. The maximum absolute atomic E-state index is 10.2. The third-order valence-corrected chi connectivity index (χ3v) is 1.46. The van der Waals surface area contributed by atoms with Crippen molar-refractivity contribution in [2.75, 3.05) is 12.3 Å². The number of nitrogens with two attached hydrogens (primary N) is 1. The van der Waals surface area contributed by atoms with Crippen molar-refractivity contribution in [2.24, 2.45) is 0 Å². The molecule has 0 unspecified atom stereocenters. The first-order valence-corrected chi connectivity index (χ1v) is 3.83. The number of carbonyl (C=O) groups is 1. The van der Waals surface area contributed by atoms with Crippen LogP contribution in [0.15, 0.2) is 18.2 Å². The van der Waals surface area contributed by atoms with Crippen molar-refractivity contribution in [1.29, 1.82) is 0 Å². The second-order valence-corrected chi connectivity index (χ2v) is 2.62. The van der Waals surface area contributed by atoms with E-state index in [2.05, 4.69) is 5.92 Å². The zero-order valence-corrected chi connectivity index (χ0v) is 7.36. The van der Waals surface area contributed by atoms with Gasteiger partial charge in [0.05, 0.1) is 0 Å². The lowest BCUT2D eigenvalue weighted by Gasteiger charge is -2.04. The SMILES string of the molecule is C#Cc1cc(N)cc(OCC(=O)O)c1. The highest BCUT2D eigenvalue weighted by atomic mass is 16.5. The van der Waals surface area contributed by atoms with E-state index in [1.807, 2.05) is 0 Å². The Morgan fingerprint density at radius 2 is 2.29 bits per heavy atom. The molecule has 0 aliphatic heterocycles. The standard InChI is InChI=1S/C10H9NO3/c1-2-7-3-8(11)5-9(4-7)14-6-10(12)13/h1,3-5H,6,11H2,(H,12,13). The number of aliphatic carboxylic acids is 1. The summed E-state index contributed by atoms with van der Waals surface area (Å²) in [4.78, 5) is 10.2. The van der Waals surface area contributed by atoms with Gasteiger partial charge in [0, 0.05) is 17.3 Å². The molecule has 0 heterocycles. The number of benzene rings is 1. The summed E-state index contributed by atoms with van der Waals surface area (Å²) >= 11 is 0. The monoisotopic (exact) mass is 191 g/mol. The smallest absolute Gasteiger partial charge is 0.341 e. The molecule has 0 spiro atoms. The van der Waals surface area contributed by atoms with Crippen LogP contribution >= 0.6 is 0 Å². The Balaban J connectivity index is 2.82. The minimum Gasteiger partial charge on any atom is -0.482 e. The van der Waals surface area contributed by atoms with Crippen molar-refractivity contribution in [1.82, 2.24) is 0 Å². The summed E-state index contributed by atoms with van der Waals surface area (Å²) in [6.45, 7) is -0.409. The molecule has 0 amide bonds. The number of nitrogen functional groups attached to an aromatic ring is 1. The summed E-state index contributed by atoms with van der Waals surface area (Å²) in [6.07, 6.45) is 5.17. The highest BCUT2D eigenvalue weighted by Gasteiger charge is 2.01. The van der Waals surface area contributed by atoms with Crippen LogP contribution in [0, 0.1) is 12.3 Å². The molecule has 1 aromatic rings. The number of carboxylic acids is 1. The normalized spacial score (nSPS) is 9.07. The van der Waals surface area contributed by atoms with E-state index in [-0.39, 0.29) is 0 Å². The van der Waals surface area contributed by atoms with Crippen LogP contribution in [0.5, 0.6) is 5.75 Å². The molecule has 72 valence electrons. The van der Waals surface area contributed by atoms with Crippen LogP contribution in [-0.4, -0.2) is 17.7 Å². The van der Waals surface area contributed by atoms with Crippen LogP contribution in [-0.2, 0) is 4.79 Å². The number of hydrogen-bond acceptors (Lipinski definition) is 3. The molecule has 0 aromatic heterocycles. The van der Waals surface area contributed by atoms with Gasteiger partial charge in [0.1, 0.15) is 5.75 Å². The maximum atomic E-state index is 10.2. The third kappa shape index (κ3) is 2.72. The van der Waals surface area contributed by atoms with Gasteiger partial charge in [-0.1, -0.05) is 5.92 Å². The zero-order valence-electron chi connectivity index (χ0n) is 7.36. The number of anilines is 1. The van der Waals surface area contributed by atoms with E-state index in [4.69, 9.17) is 22.0 Å². The van der Waals surface area contributed by atoms with Crippen molar-refractivity contribution >= 4 is 11.7 Å². The van der Waals surface area contributed by atoms with Crippen LogP contribution < -0.4 is 10.5 Å². The van der Waals surface area contributed by atoms with E-state index in [9.17, 15) is 4.79 Å². The predicted octanol–water partition coefficient (Wildman–Crippen LogP) is 0.714. The topological polar surface area (TPSA) is 72.5 Å². The predicted molar refractivity (Wildman–Crippen MR) is 51.9 cm³/mol. The molecule has 0 bridgehead atoms. The van der Waals surface area contributed by atoms with Crippen molar-refractivity contribution in [3.05, 3.63) is 23.8 Å². The Hall–Kier alpha value is -2.15. The van der Waals surface area contributed by atoms with Gasteiger partial charge in [-0.2, -0.15) is 0 Å². The first kappa shape index (κ1) is 9.93. The number of terminal acetylenes is 1. The molecule has 4 heteroatoms. The molecule has 0 fully saturated rings. The van der Waals surface area contributed by atoms with Crippen LogP contribution in [0.1, 0.15) is 5.56 Å². The lowest BCUT2D eigenvalue weighted by Crippen LogP contribution is -2.09. The molecule has 14 heavy (non-hydrogen) atoms. The van der Waals surface area contributed by atoms with Gasteiger partial charge in [-0.3, -0.25) is 0 Å². The van der Waals surface area contributed by atoms with Crippen LogP contribution in [0.25, 0.3) is 0 Å². The average Bonchev–Trinajstić information content (AvgIpc) is 2.14. The van der Waals surface area contributed by atoms with Gasteiger partial charge in [0.2, 0.25) is 0 Å². The molecule has 1 aromatic carbocycles. The Morgan fingerprint density at radius 1 is 1.57 bits per heavy atom. The summed E-state index contributed by atoms with van der Waals surface area (Å²) in [5.74, 6) is 1.70. The average molecular weight is 191 g/mol. The van der Waals surface area contributed by atoms with Crippen LogP contribution in [0.4, 0.5) is 5.69 Å². The molecule has 1 rings (SSSR count). The Labute approximate surface area is 81.3 Å². The van der Waals surface area contributed by atoms with Gasteiger partial charge in [-0.05, 0) is 12.1 Å². The fraction of sp³-hybridized carbons (Fsp3) is 0.100. The summed E-state index contributed by atoms with van der Waals surface area (Å²) in [5, 5.41) is 8.37. The van der Waals surface area contributed by atoms with Crippen molar-refractivity contribution in [3.8, 4) is 18.1 Å². The van der Waals surface area contributed by atoms with E-state index in [1.54, 1.807) is 12.1 Å². The zero-order chi connectivity index (χ0) is 10.6. The van der Waals surface area contributed by atoms with Gasteiger partial charge < -0.3 is 15.6 Å². The molecule has 4 nitrogen and oxygen atoms in total. The molecule has 0 aliphatic carbocycles. The molecule has 3 N–H and O–H groups in total. The first-order chi connectivity index (χ1) is 6.61. The lowest BCUT2D eigenvalue weighted by molar-refractivity contribution is -0.139. The van der Waals surface area contributed by atoms with E-state index < -0.39 is 12.6 Å². The number of carboxylic acid groups (broad SMARTS) is 1. The van der Waals surface area contributed by atoms with Crippen molar-refractivity contribution in [3.63, 3.8) is 0 Å².